The third kappa shape index (κ3) is 5.91. The van der Waals surface area contributed by atoms with Crippen LogP contribution in [-0.4, -0.2) is 107 Å². The molecule has 3 aliphatic rings. The van der Waals surface area contributed by atoms with Crippen molar-refractivity contribution < 1.29 is 4.79 Å². The van der Waals surface area contributed by atoms with E-state index in [0.717, 1.165) is 88.1 Å². The predicted octanol–water partition coefficient (Wildman–Crippen LogP) is 3.30. The molecule has 3 fully saturated rings. The Labute approximate surface area is 235 Å². The van der Waals surface area contributed by atoms with E-state index in [9.17, 15) is 4.79 Å². The lowest BCUT2D eigenvalue weighted by Crippen LogP contribution is -2.51. The highest BCUT2D eigenvalue weighted by Gasteiger charge is 2.34. The summed E-state index contributed by atoms with van der Waals surface area (Å²) >= 11 is 6.51. The molecule has 0 radical (unpaired) electrons. The van der Waals surface area contributed by atoms with Crippen LogP contribution < -0.4 is 10.6 Å². The number of aromatic nitrogens is 3. The van der Waals surface area contributed by atoms with Gasteiger partial charge in [-0.2, -0.15) is 0 Å². The van der Waals surface area contributed by atoms with E-state index in [2.05, 4.69) is 48.3 Å². The van der Waals surface area contributed by atoms with Crippen LogP contribution in [0.25, 0.3) is 22.2 Å². The number of hydrogen-bond acceptors (Lipinski definition) is 7. The van der Waals surface area contributed by atoms with Crippen LogP contribution in [0.4, 0.5) is 5.95 Å². The molecule has 39 heavy (non-hydrogen) atoms. The maximum atomic E-state index is 13.4. The molecule has 3 aliphatic heterocycles. The molecule has 10 heteroatoms. The van der Waals surface area contributed by atoms with Crippen LogP contribution in [0.5, 0.6) is 0 Å². The first-order valence-corrected chi connectivity index (χ1v) is 14.7. The molecule has 0 aliphatic carbocycles. The Hall–Kier alpha value is -2.72. The average Bonchev–Trinajstić information content (AvgIpc) is 3.62. The summed E-state index contributed by atoms with van der Waals surface area (Å²) in [6.07, 6.45) is 6.77. The lowest BCUT2D eigenvalue weighted by molar-refractivity contribution is -0.137. The number of halogens is 1. The molecule has 1 amide bonds. The zero-order valence-corrected chi connectivity index (χ0v) is 23.5. The van der Waals surface area contributed by atoms with Gasteiger partial charge in [-0.15, -0.1) is 0 Å². The van der Waals surface area contributed by atoms with Crippen molar-refractivity contribution in [3.8, 4) is 11.3 Å². The van der Waals surface area contributed by atoms with Crippen LogP contribution in [-0.2, 0) is 4.79 Å². The van der Waals surface area contributed by atoms with Gasteiger partial charge in [-0.05, 0) is 38.2 Å². The van der Waals surface area contributed by atoms with E-state index in [4.69, 9.17) is 16.6 Å². The molecular weight excluding hydrogens is 512 g/mol. The number of hydrogen-bond donors (Lipinski definition) is 3. The Morgan fingerprint density at radius 2 is 1.92 bits per heavy atom. The van der Waals surface area contributed by atoms with Crippen molar-refractivity contribution in [2.45, 2.75) is 38.3 Å². The van der Waals surface area contributed by atoms with Gasteiger partial charge in [0.1, 0.15) is 0 Å². The number of aromatic amines is 1. The molecule has 0 saturated carbocycles. The molecule has 3 N–H and O–H groups in total. The second kappa shape index (κ2) is 11.8. The summed E-state index contributed by atoms with van der Waals surface area (Å²) in [5.41, 5.74) is 2.72. The van der Waals surface area contributed by atoms with E-state index in [-0.39, 0.29) is 18.0 Å². The standard InChI is InChI=1S/C29H39ClN8O/c1-20(28(39)37-11-6-21(7-12-37)18-36-14-9-31-10-15-36)38-13-8-22(19-38)34-29-33-17-25(30)27(35-29)24-16-32-26-5-3-2-4-23(24)26/h2-5,16-17,20-22,31-32H,6-15,18-19H2,1H3,(H,33,34,35)/t20-,22?/m1/s1. The molecule has 0 bridgehead atoms. The molecular formula is C29H39ClN8O. The number of benzene rings is 1. The number of piperidine rings is 1. The normalized spacial score (nSPS) is 22.4. The number of nitrogens with zero attached hydrogens (tertiary/aromatic N) is 5. The number of carbonyl (C=O) groups excluding carboxylic acids is 1. The summed E-state index contributed by atoms with van der Waals surface area (Å²) in [7, 11) is 0. The van der Waals surface area contributed by atoms with Gasteiger partial charge < -0.3 is 25.4 Å². The van der Waals surface area contributed by atoms with Crippen LogP contribution in [0.1, 0.15) is 26.2 Å². The summed E-state index contributed by atoms with van der Waals surface area (Å²) < 4.78 is 0. The summed E-state index contributed by atoms with van der Waals surface area (Å²) in [6.45, 7) is 11.1. The molecule has 2 atom stereocenters. The molecule has 2 aromatic heterocycles. The maximum Gasteiger partial charge on any atom is 0.239 e. The minimum absolute atomic E-state index is 0.116. The monoisotopic (exact) mass is 550 g/mol. The molecule has 1 unspecified atom stereocenters. The summed E-state index contributed by atoms with van der Waals surface area (Å²) in [5, 5.41) is 8.53. The van der Waals surface area contributed by atoms with E-state index >= 15 is 0 Å². The molecule has 5 heterocycles. The number of piperazine rings is 1. The fraction of sp³-hybridized carbons (Fsp3) is 0.552. The van der Waals surface area contributed by atoms with Crippen LogP contribution in [0.3, 0.4) is 0 Å². The molecule has 9 nitrogen and oxygen atoms in total. The number of rotatable bonds is 7. The fourth-order valence-electron chi connectivity index (χ4n) is 6.35. The van der Waals surface area contributed by atoms with E-state index in [0.29, 0.717) is 22.6 Å². The van der Waals surface area contributed by atoms with Crippen LogP contribution in [0.2, 0.25) is 5.02 Å². The minimum Gasteiger partial charge on any atom is -0.360 e. The van der Waals surface area contributed by atoms with Gasteiger partial charge in [-0.25, -0.2) is 9.97 Å². The quantitative estimate of drug-likeness (QED) is 0.416. The minimum atomic E-state index is -0.116. The van der Waals surface area contributed by atoms with Gasteiger partial charge in [0.25, 0.3) is 0 Å². The second-order valence-electron chi connectivity index (χ2n) is 11.3. The van der Waals surface area contributed by atoms with Gasteiger partial charge in [-0.3, -0.25) is 9.69 Å². The van der Waals surface area contributed by atoms with Crippen LogP contribution >= 0.6 is 11.6 Å². The van der Waals surface area contributed by atoms with Crippen LogP contribution in [0, 0.1) is 5.92 Å². The fourth-order valence-corrected chi connectivity index (χ4v) is 6.54. The number of carbonyl (C=O) groups is 1. The zero-order valence-electron chi connectivity index (χ0n) is 22.7. The Bertz CT molecular complexity index is 1280. The third-order valence-corrected chi connectivity index (χ3v) is 8.98. The van der Waals surface area contributed by atoms with Crippen molar-refractivity contribution in [2.75, 3.05) is 64.2 Å². The number of para-hydroxylation sites is 1. The smallest absolute Gasteiger partial charge is 0.239 e. The summed E-state index contributed by atoms with van der Waals surface area (Å²) in [6, 6.07) is 8.19. The van der Waals surface area contributed by atoms with Crippen LogP contribution in [0.15, 0.2) is 36.7 Å². The van der Waals surface area contributed by atoms with Crippen molar-refractivity contribution >= 4 is 34.4 Å². The number of H-pyrrole nitrogens is 1. The average molecular weight is 551 g/mol. The summed E-state index contributed by atoms with van der Waals surface area (Å²) in [5.74, 6) is 1.54. The first kappa shape index (κ1) is 26.5. The topological polar surface area (TPSA) is 92.4 Å². The first-order valence-electron chi connectivity index (χ1n) is 14.4. The van der Waals surface area contributed by atoms with Gasteiger partial charge >= 0.3 is 0 Å². The third-order valence-electron chi connectivity index (χ3n) is 8.70. The van der Waals surface area contributed by atoms with Crippen molar-refractivity contribution in [1.82, 2.24) is 35.0 Å². The van der Waals surface area contributed by atoms with E-state index in [1.54, 1.807) is 6.20 Å². The first-order chi connectivity index (χ1) is 19.0. The Morgan fingerprint density at radius 1 is 1.13 bits per heavy atom. The number of nitrogens with one attached hydrogen (secondary N) is 3. The van der Waals surface area contributed by atoms with Gasteiger partial charge in [0, 0.05) is 87.6 Å². The zero-order chi connectivity index (χ0) is 26.8. The highest BCUT2D eigenvalue weighted by molar-refractivity contribution is 6.33. The number of likely N-dealkylation sites (tertiary alicyclic amines) is 2. The predicted molar refractivity (Wildman–Crippen MR) is 156 cm³/mol. The lowest BCUT2D eigenvalue weighted by Gasteiger charge is -2.38. The van der Waals surface area contributed by atoms with E-state index in [1.165, 1.54) is 6.54 Å². The highest BCUT2D eigenvalue weighted by atomic mass is 35.5. The highest BCUT2D eigenvalue weighted by Crippen LogP contribution is 2.32. The van der Waals surface area contributed by atoms with Gasteiger partial charge in [-0.1, -0.05) is 29.8 Å². The maximum absolute atomic E-state index is 13.4. The molecule has 208 valence electrons. The molecule has 0 spiro atoms. The Balaban J connectivity index is 1.02. The molecule has 1 aromatic carbocycles. The Morgan fingerprint density at radius 3 is 2.74 bits per heavy atom. The van der Waals surface area contributed by atoms with Gasteiger partial charge in [0.15, 0.2) is 0 Å². The molecule has 3 aromatic rings. The largest absolute Gasteiger partial charge is 0.360 e. The molecule has 6 rings (SSSR count). The van der Waals surface area contributed by atoms with Crippen molar-refractivity contribution in [3.63, 3.8) is 0 Å². The van der Waals surface area contributed by atoms with E-state index < -0.39 is 0 Å². The Kier molecular flexibility index (Phi) is 8.02. The van der Waals surface area contributed by atoms with E-state index in [1.807, 2.05) is 24.4 Å². The second-order valence-corrected chi connectivity index (χ2v) is 11.7. The van der Waals surface area contributed by atoms with Gasteiger partial charge in [0.05, 0.1) is 23.0 Å². The SMILES string of the molecule is C[C@H](C(=O)N1CCC(CN2CCNCC2)CC1)N1CCC(Nc2ncc(Cl)c(-c3c[nH]c4ccccc34)n2)C1. The number of anilines is 1. The van der Waals surface area contributed by atoms with Crippen molar-refractivity contribution in [3.05, 3.63) is 41.7 Å². The van der Waals surface area contributed by atoms with Crippen molar-refractivity contribution in [2.24, 2.45) is 5.92 Å². The summed E-state index contributed by atoms with van der Waals surface area (Å²) in [4.78, 5) is 32.9. The lowest BCUT2D eigenvalue weighted by atomic mass is 9.95. The molecule has 3 saturated heterocycles. The number of fused-ring (bicyclic) bond motifs is 1. The number of amides is 1. The van der Waals surface area contributed by atoms with Crippen molar-refractivity contribution in [1.29, 1.82) is 0 Å². The van der Waals surface area contributed by atoms with Gasteiger partial charge in [0.2, 0.25) is 11.9 Å².